The summed E-state index contributed by atoms with van der Waals surface area (Å²) in [5.74, 6) is -0.0480. The van der Waals surface area contributed by atoms with Crippen LogP contribution in [0.4, 0.5) is 5.69 Å². The largest absolute Gasteiger partial charge is 0.356 e. The summed E-state index contributed by atoms with van der Waals surface area (Å²) in [7, 11) is 0. The predicted octanol–water partition coefficient (Wildman–Crippen LogP) is 2.61. The Kier molecular flexibility index (Phi) is 6.24. The Morgan fingerprint density at radius 2 is 2.23 bits per heavy atom. The molecule has 0 spiro atoms. The van der Waals surface area contributed by atoms with E-state index in [1.165, 1.54) is 11.8 Å². The second-order valence-electron chi connectivity index (χ2n) is 5.33. The van der Waals surface area contributed by atoms with Gasteiger partial charge in [-0.05, 0) is 25.0 Å². The van der Waals surface area contributed by atoms with Crippen molar-refractivity contribution in [3.63, 3.8) is 0 Å². The molecule has 0 fully saturated rings. The first-order chi connectivity index (χ1) is 10.7. The number of aromatic nitrogens is 1. The van der Waals surface area contributed by atoms with Crippen molar-refractivity contribution in [3.8, 4) is 0 Å². The molecule has 1 aromatic rings. The van der Waals surface area contributed by atoms with Crippen molar-refractivity contribution in [1.29, 1.82) is 0 Å². The standard InChI is InChI=1S/C16H23N3O2S/c1-3-5-10-19-12-7-6-9-18-15(12)22-13(16(19)21)11-14(20)17-8-4-2/h6-7,9,13H,3-5,8,10-11H2,1-2H3,(H,17,20)/t13-/m1/s1. The molecule has 6 heteroatoms. The zero-order valence-corrected chi connectivity index (χ0v) is 14.0. The van der Waals surface area contributed by atoms with Gasteiger partial charge in [-0.1, -0.05) is 32.0 Å². The molecule has 2 heterocycles. The number of nitrogens with zero attached hydrogens (tertiary/aromatic N) is 2. The highest BCUT2D eigenvalue weighted by Gasteiger charge is 2.35. The molecule has 0 aliphatic carbocycles. The van der Waals surface area contributed by atoms with Crippen LogP contribution in [0, 0.1) is 0 Å². The Hall–Kier alpha value is -1.56. The van der Waals surface area contributed by atoms with Crippen molar-refractivity contribution >= 4 is 29.3 Å². The van der Waals surface area contributed by atoms with E-state index in [0.29, 0.717) is 13.1 Å². The van der Waals surface area contributed by atoms with Crippen LogP contribution in [0.15, 0.2) is 23.4 Å². The van der Waals surface area contributed by atoms with Crippen molar-refractivity contribution in [2.75, 3.05) is 18.0 Å². The van der Waals surface area contributed by atoms with Crippen molar-refractivity contribution in [3.05, 3.63) is 18.3 Å². The minimum atomic E-state index is -0.379. The molecule has 5 nitrogen and oxygen atoms in total. The summed E-state index contributed by atoms with van der Waals surface area (Å²) in [5, 5.41) is 3.30. The third-order valence-electron chi connectivity index (χ3n) is 3.52. The van der Waals surface area contributed by atoms with Crippen LogP contribution in [0.3, 0.4) is 0 Å². The molecule has 1 N–H and O–H groups in total. The number of thioether (sulfide) groups is 1. The van der Waals surface area contributed by atoms with Gasteiger partial charge >= 0.3 is 0 Å². The van der Waals surface area contributed by atoms with Gasteiger partial charge in [0.2, 0.25) is 11.8 Å². The molecule has 1 aliphatic rings. The van der Waals surface area contributed by atoms with Crippen LogP contribution in [0.5, 0.6) is 0 Å². The first kappa shape index (κ1) is 16.8. The quantitative estimate of drug-likeness (QED) is 0.838. The zero-order chi connectivity index (χ0) is 15.9. The number of hydrogen-bond acceptors (Lipinski definition) is 4. The third kappa shape index (κ3) is 4.00. The summed E-state index contributed by atoms with van der Waals surface area (Å²) in [6, 6.07) is 3.77. The number of unbranched alkanes of at least 4 members (excludes halogenated alkanes) is 1. The predicted molar refractivity (Wildman–Crippen MR) is 89.1 cm³/mol. The van der Waals surface area contributed by atoms with E-state index in [1.807, 2.05) is 19.1 Å². The van der Waals surface area contributed by atoms with Gasteiger partial charge in [-0.3, -0.25) is 9.59 Å². The topological polar surface area (TPSA) is 62.3 Å². The zero-order valence-electron chi connectivity index (χ0n) is 13.2. The van der Waals surface area contributed by atoms with Crippen LogP contribution < -0.4 is 10.2 Å². The molecule has 2 amide bonds. The molecule has 22 heavy (non-hydrogen) atoms. The average molecular weight is 321 g/mol. The molecule has 2 rings (SSSR count). The number of amides is 2. The number of anilines is 1. The molecule has 1 aliphatic heterocycles. The van der Waals surface area contributed by atoms with Crippen LogP contribution >= 0.6 is 11.8 Å². The highest BCUT2D eigenvalue weighted by molar-refractivity contribution is 8.00. The molecule has 0 saturated heterocycles. The van der Waals surface area contributed by atoms with E-state index in [4.69, 9.17) is 0 Å². The molecule has 1 atom stereocenters. The van der Waals surface area contributed by atoms with Gasteiger partial charge in [-0.15, -0.1) is 0 Å². The van der Waals surface area contributed by atoms with Gasteiger partial charge in [-0.2, -0.15) is 0 Å². The maximum Gasteiger partial charge on any atom is 0.241 e. The Balaban J connectivity index is 2.13. The number of fused-ring (bicyclic) bond motifs is 1. The van der Waals surface area contributed by atoms with Gasteiger partial charge in [0.05, 0.1) is 10.9 Å². The fourth-order valence-corrected chi connectivity index (χ4v) is 3.49. The van der Waals surface area contributed by atoms with Crippen molar-refractivity contribution in [2.45, 2.75) is 49.8 Å². The van der Waals surface area contributed by atoms with Gasteiger partial charge in [0, 0.05) is 25.7 Å². The van der Waals surface area contributed by atoms with Gasteiger partial charge < -0.3 is 10.2 Å². The van der Waals surface area contributed by atoms with Crippen molar-refractivity contribution in [1.82, 2.24) is 10.3 Å². The molecule has 0 bridgehead atoms. The van der Waals surface area contributed by atoms with E-state index in [9.17, 15) is 9.59 Å². The van der Waals surface area contributed by atoms with Gasteiger partial charge in [0.15, 0.2) is 0 Å². The lowest BCUT2D eigenvalue weighted by atomic mass is 10.2. The minimum absolute atomic E-state index is 0.0191. The van der Waals surface area contributed by atoms with Crippen molar-refractivity contribution < 1.29 is 9.59 Å². The summed E-state index contributed by atoms with van der Waals surface area (Å²) in [6.07, 6.45) is 4.80. The Morgan fingerprint density at radius 3 is 2.95 bits per heavy atom. The highest BCUT2D eigenvalue weighted by atomic mass is 32.2. The van der Waals surface area contributed by atoms with Crippen LogP contribution in [-0.2, 0) is 9.59 Å². The van der Waals surface area contributed by atoms with E-state index in [-0.39, 0.29) is 23.5 Å². The molecule has 0 aromatic carbocycles. The highest BCUT2D eigenvalue weighted by Crippen LogP contribution is 2.38. The normalized spacial score (nSPS) is 17.3. The summed E-state index contributed by atoms with van der Waals surface area (Å²) in [4.78, 5) is 30.8. The van der Waals surface area contributed by atoms with Crippen LogP contribution in [0.25, 0.3) is 0 Å². The second-order valence-corrected chi connectivity index (χ2v) is 6.52. The molecular weight excluding hydrogens is 298 g/mol. The van der Waals surface area contributed by atoms with Crippen molar-refractivity contribution in [2.24, 2.45) is 0 Å². The van der Waals surface area contributed by atoms with E-state index < -0.39 is 0 Å². The number of carbonyl (C=O) groups excluding carboxylic acids is 2. The number of rotatable bonds is 7. The Morgan fingerprint density at radius 1 is 1.41 bits per heavy atom. The molecular formula is C16H23N3O2S. The second kappa shape index (κ2) is 8.17. The summed E-state index contributed by atoms with van der Waals surface area (Å²) >= 11 is 1.40. The number of hydrogen-bond donors (Lipinski definition) is 1. The van der Waals surface area contributed by atoms with E-state index in [2.05, 4.69) is 17.2 Å². The van der Waals surface area contributed by atoms with E-state index in [0.717, 1.165) is 30.0 Å². The van der Waals surface area contributed by atoms with Gasteiger partial charge in [0.1, 0.15) is 5.03 Å². The monoisotopic (exact) mass is 321 g/mol. The average Bonchev–Trinajstić information content (AvgIpc) is 2.53. The molecule has 0 saturated carbocycles. The van der Waals surface area contributed by atoms with Crippen LogP contribution in [0.2, 0.25) is 0 Å². The maximum absolute atomic E-state index is 12.7. The molecule has 120 valence electrons. The summed E-state index contributed by atoms with van der Waals surface area (Å²) in [6.45, 7) is 5.44. The Bertz CT molecular complexity index is 536. The lowest BCUT2D eigenvalue weighted by Crippen LogP contribution is -2.43. The van der Waals surface area contributed by atoms with Crippen LogP contribution in [0.1, 0.15) is 39.5 Å². The molecule has 0 unspecified atom stereocenters. The van der Waals surface area contributed by atoms with Gasteiger partial charge in [-0.25, -0.2) is 4.98 Å². The molecule has 0 radical (unpaired) electrons. The number of carbonyl (C=O) groups is 2. The SMILES string of the molecule is CCCCN1C(=O)[C@@H](CC(=O)NCCC)Sc2ncccc21. The van der Waals surface area contributed by atoms with Gasteiger partial charge in [0.25, 0.3) is 0 Å². The lowest BCUT2D eigenvalue weighted by molar-refractivity contribution is -0.124. The van der Waals surface area contributed by atoms with E-state index in [1.54, 1.807) is 11.1 Å². The number of pyridine rings is 1. The smallest absolute Gasteiger partial charge is 0.241 e. The van der Waals surface area contributed by atoms with Crippen LogP contribution in [-0.4, -0.2) is 35.1 Å². The lowest BCUT2D eigenvalue weighted by Gasteiger charge is -2.32. The Labute approximate surface area is 135 Å². The fraction of sp³-hybridized carbons (Fsp3) is 0.562. The third-order valence-corrected chi connectivity index (χ3v) is 4.71. The molecule has 1 aromatic heterocycles. The minimum Gasteiger partial charge on any atom is -0.356 e. The first-order valence-electron chi connectivity index (χ1n) is 7.87. The number of nitrogens with one attached hydrogen (secondary N) is 1. The maximum atomic E-state index is 12.7. The summed E-state index contributed by atoms with van der Waals surface area (Å²) < 4.78 is 0. The summed E-state index contributed by atoms with van der Waals surface area (Å²) in [5.41, 5.74) is 0.871. The first-order valence-corrected chi connectivity index (χ1v) is 8.75. The fourth-order valence-electron chi connectivity index (χ4n) is 2.34. The van der Waals surface area contributed by atoms with E-state index >= 15 is 0 Å².